The molecule has 2 heterocycles. The van der Waals surface area contributed by atoms with Crippen LogP contribution >= 0.6 is 11.3 Å². The average molecular weight is 470 g/mol. The predicted octanol–water partition coefficient (Wildman–Crippen LogP) is 3.45. The lowest BCUT2D eigenvalue weighted by molar-refractivity contribution is 0.414. The molecule has 0 bridgehead atoms. The van der Waals surface area contributed by atoms with Gasteiger partial charge in [0.25, 0.3) is 11.1 Å². The molecule has 0 radical (unpaired) electrons. The van der Waals surface area contributed by atoms with Gasteiger partial charge in [-0.3, -0.25) is 9.59 Å². The first-order valence-corrected chi connectivity index (χ1v) is 11.3. The lowest BCUT2D eigenvalue weighted by Crippen LogP contribution is -2.28. The molecule has 0 atom stereocenters. The topological polar surface area (TPSA) is 82.8 Å². The molecular weight excluding hydrogens is 450 g/mol. The number of fused-ring (bicyclic) bond motifs is 1. The highest BCUT2D eigenvalue weighted by Crippen LogP contribution is 2.22. The first-order chi connectivity index (χ1) is 16.6. The molecule has 0 aliphatic rings. The van der Waals surface area contributed by atoms with Crippen LogP contribution in [-0.4, -0.2) is 21.7 Å². The van der Waals surface area contributed by atoms with Crippen LogP contribution in [0, 0.1) is 0 Å². The van der Waals surface area contributed by atoms with Gasteiger partial charge in [-0.25, -0.2) is 0 Å². The van der Waals surface area contributed by atoms with Crippen molar-refractivity contribution in [2.75, 3.05) is 7.11 Å². The quantitative estimate of drug-likeness (QED) is 0.379. The Hall–Kier alpha value is -4.30. The fraction of sp³-hybridized carbons (Fsp3) is 0.0769. The largest absolute Gasteiger partial charge is 0.497 e. The van der Waals surface area contributed by atoms with E-state index in [9.17, 15) is 9.59 Å². The van der Waals surface area contributed by atoms with Crippen molar-refractivity contribution in [2.45, 2.75) is 6.42 Å². The highest BCUT2D eigenvalue weighted by molar-refractivity contribution is 7.15. The molecule has 0 saturated heterocycles. The Kier molecular flexibility index (Phi) is 5.88. The van der Waals surface area contributed by atoms with E-state index < -0.39 is 5.56 Å². The van der Waals surface area contributed by atoms with E-state index in [0.717, 1.165) is 34.0 Å². The minimum atomic E-state index is -0.443. The third-order valence-electron chi connectivity index (χ3n) is 5.12. The van der Waals surface area contributed by atoms with Crippen LogP contribution in [0.3, 0.4) is 0 Å². The standard InChI is InChI=1S/C26H19N3O4S/c1-32-19-12-10-17(11-13-19)15-22-24(30)27-26-29(28-22)25(31)23(34-26)16-18-6-5-9-21(14-18)33-20-7-3-2-4-8-20/h2-14,16H,15H2,1H3. The molecule has 7 nitrogen and oxygen atoms in total. The van der Waals surface area contributed by atoms with Crippen molar-refractivity contribution in [3.05, 3.63) is 121 Å². The summed E-state index contributed by atoms with van der Waals surface area (Å²) in [6.07, 6.45) is 2.01. The molecule has 34 heavy (non-hydrogen) atoms. The van der Waals surface area contributed by atoms with Crippen molar-refractivity contribution in [3.8, 4) is 17.2 Å². The number of methoxy groups -OCH3 is 1. The van der Waals surface area contributed by atoms with Crippen LogP contribution in [0.1, 0.15) is 16.8 Å². The van der Waals surface area contributed by atoms with Crippen LogP contribution in [-0.2, 0) is 6.42 Å². The smallest absolute Gasteiger partial charge is 0.296 e. The second kappa shape index (κ2) is 9.29. The fourth-order valence-electron chi connectivity index (χ4n) is 3.43. The molecule has 0 spiro atoms. The molecule has 0 unspecified atom stereocenters. The van der Waals surface area contributed by atoms with Gasteiger partial charge in [0, 0.05) is 6.42 Å². The summed E-state index contributed by atoms with van der Waals surface area (Å²) >= 11 is 1.13. The number of hydrogen-bond acceptors (Lipinski definition) is 7. The van der Waals surface area contributed by atoms with E-state index in [-0.39, 0.29) is 22.6 Å². The van der Waals surface area contributed by atoms with Gasteiger partial charge >= 0.3 is 0 Å². The second-order valence-corrected chi connectivity index (χ2v) is 8.50. The van der Waals surface area contributed by atoms with E-state index in [1.165, 1.54) is 4.52 Å². The third kappa shape index (κ3) is 4.57. The summed E-state index contributed by atoms with van der Waals surface area (Å²) in [5, 5.41) is 4.31. The van der Waals surface area contributed by atoms with Gasteiger partial charge in [0.05, 0.1) is 11.6 Å². The van der Waals surface area contributed by atoms with Gasteiger partial charge in [0.15, 0.2) is 0 Å². The van der Waals surface area contributed by atoms with Gasteiger partial charge in [-0.15, -0.1) is 0 Å². The number of para-hydroxylation sites is 1. The normalized spacial score (nSPS) is 11.6. The maximum absolute atomic E-state index is 13.0. The van der Waals surface area contributed by atoms with Crippen LogP contribution < -0.4 is 25.1 Å². The molecule has 5 rings (SSSR count). The van der Waals surface area contributed by atoms with Crippen molar-refractivity contribution in [1.82, 2.24) is 14.6 Å². The zero-order valence-electron chi connectivity index (χ0n) is 18.2. The van der Waals surface area contributed by atoms with Gasteiger partial charge < -0.3 is 9.47 Å². The summed E-state index contributed by atoms with van der Waals surface area (Å²) < 4.78 is 12.7. The van der Waals surface area contributed by atoms with E-state index in [4.69, 9.17) is 9.47 Å². The summed E-state index contributed by atoms with van der Waals surface area (Å²) in [6.45, 7) is 0. The van der Waals surface area contributed by atoms with Gasteiger partial charge in [-0.05, 0) is 53.6 Å². The second-order valence-electron chi connectivity index (χ2n) is 7.49. The number of ether oxygens (including phenoxy) is 2. The number of hydrogen-bond donors (Lipinski definition) is 0. The molecule has 0 saturated carbocycles. The Morgan fingerprint density at radius 3 is 2.44 bits per heavy atom. The summed E-state index contributed by atoms with van der Waals surface area (Å²) in [4.78, 5) is 29.9. The summed E-state index contributed by atoms with van der Waals surface area (Å²) in [6, 6.07) is 24.2. The zero-order valence-corrected chi connectivity index (χ0v) is 19.0. The summed E-state index contributed by atoms with van der Waals surface area (Å²) in [7, 11) is 1.59. The first kappa shape index (κ1) is 21.5. The highest BCUT2D eigenvalue weighted by Gasteiger charge is 2.12. The van der Waals surface area contributed by atoms with Gasteiger partial charge in [0.1, 0.15) is 22.9 Å². The molecule has 0 fully saturated rings. The maximum Gasteiger partial charge on any atom is 0.296 e. The molecule has 3 aromatic carbocycles. The molecule has 168 valence electrons. The van der Waals surface area contributed by atoms with Crippen LogP contribution in [0.5, 0.6) is 17.2 Å². The summed E-state index contributed by atoms with van der Waals surface area (Å²) in [5.74, 6) is 2.10. The van der Waals surface area contributed by atoms with E-state index >= 15 is 0 Å². The fourth-order valence-corrected chi connectivity index (χ4v) is 4.34. The lowest BCUT2D eigenvalue weighted by atomic mass is 10.1. The van der Waals surface area contributed by atoms with Gasteiger partial charge in [0.2, 0.25) is 4.96 Å². The lowest BCUT2D eigenvalue weighted by Gasteiger charge is -2.05. The van der Waals surface area contributed by atoms with Crippen LogP contribution in [0.2, 0.25) is 0 Å². The number of aromatic nitrogens is 3. The SMILES string of the molecule is COc1ccc(Cc2nn3c(=O)c(=Cc4cccc(Oc5ccccc5)c4)sc3nc2=O)cc1. The maximum atomic E-state index is 13.0. The van der Waals surface area contributed by atoms with Gasteiger partial charge in [-0.2, -0.15) is 14.6 Å². The van der Waals surface area contributed by atoms with Crippen molar-refractivity contribution in [1.29, 1.82) is 0 Å². The molecule has 8 heteroatoms. The van der Waals surface area contributed by atoms with E-state index in [1.807, 2.05) is 78.9 Å². The Labute approximate surface area is 198 Å². The molecule has 0 aliphatic carbocycles. The number of benzene rings is 3. The Balaban J connectivity index is 1.47. The highest BCUT2D eigenvalue weighted by atomic mass is 32.1. The van der Waals surface area contributed by atoms with Crippen LogP contribution in [0.25, 0.3) is 11.0 Å². The molecule has 0 N–H and O–H groups in total. The van der Waals surface area contributed by atoms with Crippen molar-refractivity contribution in [3.63, 3.8) is 0 Å². The Morgan fingerprint density at radius 1 is 0.912 bits per heavy atom. The van der Waals surface area contributed by atoms with Crippen molar-refractivity contribution < 1.29 is 9.47 Å². The van der Waals surface area contributed by atoms with Crippen LogP contribution in [0.15, 0.2) is 88.5 Å². The molecule has 5 aromatic rings. The molecule has 0 amide bonds. The average Bonchev–Trinajstić information content (AvgIpc) is 3.14. The monoisotopic (exact) mass is 469 g/mol. The zero-order chi connectivity index (χ0) is 23.5. The predicted molar refractivity (Wildman–Crippen MR) is 131 cm³/mol. The van der Waals surface area contributed by atoms with E-state index in [0.29, 0.717) is 10.3 Å². The number of rotatable bonds is 6. The first-order valence-electron chi connectivity index (χ1n) is 10.5. The molecular formula is C26H19N3O4S. The minimum Gasteiger partial charge on any atom is -0.497 e. The Bertz CT molecular complexity index is 1630. The van der Waals surface area contributed by atoms with Gasteiger partial charge in [-0.1, -0.05) is 53.8 Å². The van der Waals surface area contributed by atoms with E-state index in [2.05, 4.69) is 10.1 Å². The van der Waals surface area contributed by atoms with Crippen molar-refractivity contribution >= 4 is 22.4 Å². The minimum absolute atomic E-state index is 0.211. The Morgan fingerprint density at radius 2 is 1.68 bits per heavy atom. The number of nitrogens with zero attached hydrogens (tertiary/aromatic N) is 3. The molecule has 2 aromatic heterocycles. The van der Waals surface area contributed by atoms with Crippen LogP contribution in [0.4, 0.5) is 0 Å². The summed E-state index contributed by atoms with van der Waals surface area (Å²) in [5.41, 5.74) is 1.11. The van der Waals surface area contributed by atoms with Crippen molar-refractivity contribution in [2.24, 2.45) is 0 Å². The molecule has 0 aliphatic heterocycles. The van der Waals surface area contributed by atoms with E-state index in [1.54, 1.807) is 13.2 Å². The number of thiazole rings is 1. The third-order valence-corrected chi connectivity index (χ3v) is 6.07.